The first-order valence-corrected chi connectivity index (χ1v) is 13.6. The van der Waals surface area contributed by atoms with Crippen molar-refractivity contribution < 1.29 is 29.3 Å². The van der Waals surface area contributed by atoms with Gasteiger partial charge in [-0.05, 0) is 31.0 Å². The van der Waals surface area contributed by atoms with E-state index in [0.717, 1.165) is 20.8 Å². The second kappa shape index (κ2) is 12.6. The molecular formula is C28H36ClNO6S. The molecule has 202 valence electrons. The number of halogens is 1. The van der Waals surface area contributed by atoms with Crippen LogP contribution in [0.1, 0.15) is 56.7 Å². The number of fused-ring (bicyclic) bond motifs is 1. The number of ether oxygens (including phenoxy) is 2. The Morgan fingerprint density at radius 1 is 1.30 bits per heavy atom. The third-order valence-electron chi connectivity index (χ3n) is 6.92. The largest absolute Gasteiger partial charge is 0.457 e. The molecule has 0 fully saturated rings. The van der Waals surface area contributed by atoms with Gasteiger partial charge in [0.05, 0.1) is 52.5 Å². The van der Waals surface area contributed by atoms with Crippen LogP contribution < -0.4 is 0 Å². The van der Waals surface area contributed by atoms with Crippen LogP contribution in [0.5, 0.6) is 0 Å². The fourth-order valence-electron chi connectivity index (χ4n) is 4.49. The fourth-order valence-corrected chi connectivity index (χ4v) is 5.46. The van der Waals surface area contributed by atoms with Crippen molar-refractivity contribution in [2.75, 3.05) is 13.2 Å². The molecule has 0 spiro atoms. The summed E-state index contributed by atoms with van der Waals surface area (Å²) in [6.07, 6.45) is 0.462. The highest BCUT2D eigenvalue weighted by atomic mass is 35.5. The highest BCUT2D eigenvalue weighted by Gasteiger charge is 2.43. The zero-order valence-corrected chi connectivity index (χ0v) is 23.3. The normalized spacial score (nSPS) is 29.9. The van der Waals surface area contributed by atoms with Crippen molar-refractivity contribution in [1.82, 2.24) is 4.98 Å². The average Bonchev–Trinajstić information content (AvgIpc) is 3.22. The maximum Gasteiger partial charge on any atom is 0.309 e. The molecule has 0 radical (unpaired) electrons. The summed E-state index contributed by atoms with van der Waals surface area (Å²) in [6.45, 7) is 10.9. The number of rotatable bonds is 3. The van der Waals surface area contributed by atoms with E-state index in [2.05, 4.69) is 11.6 Å². The highest BCUT2D eigenvalue weighted by Crippen LogP contribution is 2.34. The van der Waals surface area contributed by atoms with Gasteiger partial charge in [0.1, 0.15) is 11.9 Å². The maximum atomic E-state index is 13.5. The molecule has 0 bridgehead atoms. The summed E-state index contributed by atoms with van der Waals surface area (Å²) < 4.78 is 12.6. The number of hydrogen-bond donors (Lipinski definition) is 2. The third kappa shape index (κ3) is 7.27. The summed E-state index contributed by atoms with van der Waals surface area (Å²) in [5, 5.41) is 23.3. The summed E-state index contributed by atoms with van der Waals surface area (Å²) >= 11 is 7.98. The van der Waals surface area contributed by atoms with Gasteiger partial charge in [-0.1, -0.05) is 50.6 Å². The molecule has 1 aromatic heterocycles. The summed E-state index contributed by atoms with van der Waals surface area (Å²) in [5.41, 5.74) is 0.261. The van der Waals surface area contributed by atoms with E-state index in [1.54, 1.807) is 44.3 Å². The highest BCUT2D eigenvalue weighted by molar-refractivity contribution is 7.18. The number of benzene rings is 1. The molecule has 9 heteroatoms. The van der Waals surface area contributed by atoms with Crippen molar-refractivity contribution in [3.63, 3.8) is 0 Å². The molecule has 0 aliphatic carbocycles. The number of allylic oxidation sites excluding steroid dienone is 1. The Morgan fingerprint density at radius 2 is 2.03 bits per heavy atom. The quantitative estimate of drug-likeness (QED) is 0.397. The molecule has 1 aromatic carbocycles. The van der Waals surface area contributed by atoms with E-state index in [0.29, 0.717) is 11.5 Å². The van der Waals surface area contributed by atoms with Gasteiger partial charge in [-0.25, -0.2) is 4.98 Å². The minimum Gasteiger partial charge on any atom is -0.457 e. The van der Waals surface area contributed by atoms with E-state index < -0.39 is 35.6 Å². The summed E-state index contributed by atoms with van der Waals surface area (Å²) in [6, 6.07) is 5.72. The number of aliphatic hydroxyl groups excluding tert-OH is 2. The maximum absolute atomic E-state index is 13.5. The molecule has 2 heterocycles. The number of aromatic nitrogens is 1. The zero-order chi connectivity index (χ0) is 27.3. The Balaban J connectivity index is 1.93. The molecule has 0 unspecified atom stereocenters. The molecule has 5 atom stereocenters. The minimum atomic E-state index is -1.31. The van der Waals surface area contributed by atoms with Crippen LogP contribution in [-0.4, -0.2) is 52.4 Å². The van der Waals surface area contributed by atoms with Crippen molar-refractivity contribution >= 4 is 44.9 Å². The molecular weight excluding hydrogens is 514 g/mol. The number of esters is 1. The second-order valence-electron chi connectivity index (χ2n) is 10.2. The lowest BCUT2D eigenvalue weighted by Gasteiger charge is -2.35. The van der Waals surface area contributed by atoms with Gasteiger partial charge in [-0.15, -0.1) is 17.9 Å². The Bertz CT molecular complexity index is 1160. The van der Waals surface area contributed by atoms with Crippen LogP contribution in [0.2, 0.25) is 0 Å². The Kier molecular flexibility index (Phi) is 10.1. The van der Waals surface area contributed by atoms with Crippen molar-refractivity contribution in [3.05, 3.63) is 52.5 Å². The van der Waals surface area contributed by atoms with Crippen molar-refractivity contribution in [2.45, 2.75) is 65.3 Å². The number of aliphatic hydroxyl groups is 2. The first-order chi connectivity index (χ1) is 17.4. The van der Waals surface area contributed by atoms with E-state index in [1.807, 2.05) is 25.1 Å². The molecule has 37 heavy (non-hydrogen) atoms. The fraction of sp³-hybridized carbons (Fsp3) is 0.536. The van der Waals surface area contributed by atoms with Crippen LogP contribution >= 0.6 is 22.9 Å². The molecule has 1 aliphatic heterocycles. The van der Waals surface area contributed by atoms with Crippen molar-refractivity contribution in [1.29, 1.82) is 0 Å². The van der Waals surface area contributed by atoms with Crippen LogP contribution in [-0.2, 0) is 19.1 Å². The number of thiazole rings is 1. The second-order valence-corrected chi connectivity index (χ2v) is 12.0. The van der Waals surface area contributed by atoms with Crippen molar-refractivity contribution in [2.24, 2.45) is 17.3 Å². The number of aryl methyl sites for hydroxylation is 1. The van der Waals surface area contributed by atoms with E-state index in [1.165, 1.54) is 0 Å². The average molecular weight is 550 g/mol. The first kappa shape index (κ1) is 29.5. The van der Waals surface area contributed by atoms with Crippen LogP contribution in [0.15, 0.2) is 42.0 Å². The van der Waals surface area contributed by atoms with Crippen LogP contribution in [0, 0.1) is 24.2 Å². The monoisotopic (exact) mass is 549 g/mol. The molecule has 0 saturated heterocycles. The van der Waals surface area contributed by atoms with Crippen LogP contribution in [0.3, 0.4) is 0 Å². The number of nitrogens with zero attached hydrogens (tertiary/aromatic N) is 1. The number of carbonyl (C=O) groups is 2. The number of cyclic esters (lactones) is 1. The lowest BCUT2D eigenvalue weighted by Crippen LogP contribution is -2.47. The van der Waals surface area contributed by atoms with Gasteiger partial charge in [0.25, 0.3) is 0 Å². The summed E-state index contributed by atoms with van der Waals surface area (Å²) in [7, 11) is 0. The Labute approximate surface area is 227 Å². The zero-order valence-electron chi connectivity index (χ0n) is 21.8. The molecule has 2 N–H and O–H groups in total. The van der Waals surface area contributed by atoms with Gasteiger partial charge in [0.15, 0.2) is 0 Å². The predicted octanol–water partition coefficient (Wildman–Crippen LogP) is 5.27. The minimum absolute atomic E-state index is 0.119. The van der Waals surface area contributed by atoms with Crippen LogP contribution in [0.25, 0.3) is 10.2 Å². The topological polar surface area (TPSA) is 106 Å². The Hall–Kier alpha value is -2.10. The molecule has 3 rings (SSSR count). The molecule has 1 aliphatic rings. The molecule has 0 amide bonds. The Morgan fingerprint density at radius 3 is 2.73 bits per heavy atom. The third-order valence-corrected chi connectivity index (χ3v) is 8.13. The van der Waals surface area contributed by atoms with Crippen LogP contribution in [0.4, 0.5) is 0 Å². The SMILES string of the molecule is C=CC[C@H]1C(=O)C(C)(C)[C@@H](O)CC(=O)O[C@H](c2ccc3sc(C)nc3c2)C/C=C(/Cl)COC[C@H](C)[C@@H]1O. The molecule has 2 aromatic rings. The lowest BCUT2D eigenvalue weighted by atomic mass is 9.72. The lowest BCUT2D eigenvalue weighted by molar-refractivity contribution is -0.156. The first-order valence-electron chi connectivity index (χ1n) is 12.4. The standard InChI is InChI=1S/C28H36ClNO6S/c1-6-7-20-26(33)16(2)14-35-15-19(29)9-10-22(18-8-11-23-21(12-18)30-17(3)37-23)36-25(32)13-24(31)28(4,5)27(20)34/h6,8-9,11-12,16,20,22,24,26,31,33H,1,7,10,13-15H2,2-5H3/b19-9+/t16-,20+,22-,24-,26-/m0/s1. The van der Waals surface area contributed by atoms with E-state index in [4.69, 9.17) is 21.1 Å². The predicted molar refractivity (Wildman–Crippen MR) is 145 cm³/mol. The number of hydrogen-bond acceptors (Lipinski definition) is 8. The van der Waals surface area contributed by atoms with Gasteiger partial charge in [-0.3, -0.25) is 9.59 Å². The van der Waals surface area contributed by atoms with Gasteiger partial charge in [0.2, 0.25) is 0 Å². The van der Waals surface area contributed by atoms with Gasteiger partial charge >= 0.3 is 5.97 Å². The molecule has 0 saturated carbocycles. The summed E-state index contributed by atoms with van der Waals surface area (Å²) in [4.78, 5) is 31.0. The van der Waals surface area contributed by atoms with E-state index in [-0.39, 0.29) is 37.8 Å². The molecule has 7 nitrogen and oxygen atoms in total. The van der Waals surface area contributed by atoms with Crippen molar-refractivity contribution in [3.8, 4) is 0 Å². The van der Waals surface area contributed by atoms with Gasteiger partial charge < -0.3 is 19.7 Å². The number of Topliss-reactive ketones (excluding diaryl/α,β-unsaturated/α-hetero) is 1. The van der Waals surface area contributed by atoms with Gasteiger partial charge in [0, 0.05) is 23.3 Å². The van der Waals surface area contributed by atoms with Gasteiger partial charge in [-0.2, -0.15) is 0 Å². The number of carbonyl (C=O) groups excluding carboxylic acids is 2. The summed E-state index contributed by atoms with van der Waals surface area (Å²) in [5.74, 6) is -2.17. The number of ketones is 1. The smallest absolute Gasteiger partial charge is 0.309 e. The van der Waals surface area contributed by atoms with E-state index in [9.17, 15) is 19.8 Å². The van der Waals surface area contributed by atoms with E-state index >= 15 is 0 Å².